The summed E-state index contributed by atoms with van der Waals surface area (Å²) in [6.07, 6.45) is 0. The van der Waals surface area contributed by atoms with Crippen LogP contribution >= 0.6 is 34.4 Å². The van der Waals surface area contributed by atoms with Gasteiger partial charge in [0.25, 0.3) is 11.4 Å². The van der Waals surface area contributed by atoms with E-state index in [9.17, 15) is 20.2 Å². The number of nitro groups is 2. The number of non-ortho nitro benzene ring substituents is 2. The van der Waals surface area contributed by atoms with E-state index in [-0.39, 0.29) is 11.4 Å². The van der Waals surface area contributed by atoms with E-state index in [2.05, 4.69) is 22.6 Å². The summed E-state index contributed by atoms with van der Waals surface area (Å²) < 4.78 is 0.781. The average Bonchev–Trinajstić information content (AvgIpc) is 2.63. The minimum Gasteiger partial charge on any atom is -0.258 e. The molecule has 8 heteroatoms. The van der Waals surface area contributed by atoms with Crippen LogP contribution in [0.2, 0.25) is 0 Å². The fourth-order valence-electron chi connectivity index (χ4n) is 2.38. The molecule has 0 N–H and O–H groups in total. The van der Waals surface area contributed by atoms with Crippen LogP contribution in [0.4, 0.5) is 11.4 Å². The molecule has 130 valence electrons. The van der Waals surface area contributed by atoms with E-state index in [1.54, 1.807) is 12.1 Å². The highest BCUT2D eigenvalue weighted by Crippen LogP contribution is 2.40. The van der Waals surface area contributed by atoms with Crippen molar-refractivity contribution in [1.29, 1.82) is 0 Å². The quantitative estimate of drug-likeness (QED) is 0.258. The van der Waals surface area contributed by atoms with Gasteiger partial charge in [-0.1, -0.05) is 30.0 Å². The van der Waals surface area contributed by atoms with Gasteiger partial charge in [-0.25, -0.2) is 0 Å². The first kappa shape index (κ1) is 18.3. The van der Waals surface area contributed by atoms with Crippen molar-refractivity contribution < 1.29 is 9.85 Å². The minimum atomic E-state index is -0.471. The molecule has 0 aliphatic heterocycles. The molecule has 0 bridgehead atoms. The molecule has 3 aromatic rings. The van der Waals surface area contributed by atoms with Crippen LogP contribution in [0.5, 0.6) is 0 Å². The van der Waals surface area contributed by atoms with Gasteiger partial charge in [0.1, 0.15) is 0 Å². The summed E-state index contributed by atoms with van der Waals surface area (Å²) in [6, 6.07) is 18.7. The lowest BCUT2D eigenvalue weighted by Gasteiger charge is -2.11. The molecule has 0 saturated heterocycles. The Balaban J connectivity index is 2.17. The molecule has 0 radical (unpaired) electrons. The van der Waals surface area contributed by atoms with Crippen LogP contribution in [0.15, 0.2) is 76.5 Å². The molecule has 3 aromatic carbocycles. The number of hydrogen-bond acceptors (Lipinski definition) is 5. The SMILES string of the molecule is O=[N+]([O-])c1ccc(I)c(-c2cc([N+](=O)[O-])ccc2Sc2ccccc2)c1. The topological polar surface area (TPSA) is 86.3 Å². The predicted octanol–water partition coefficient (Wildman–Crippen LogP) is 5.93. The van der Waals surface area contributed by atoms with Crippen molar-refractivity contribution in [1.82, 2.24) is 0 Å². The van der Waals surface area contributed by atoms with Crippen LogP contribution in [-0.4, -0.2) is 9.85 Å². The molecule has 26 heavy (non-hydrogen) atoms. The second-order valence-electron chi connectivity index (χ2n) is 5.27. The molecule has 0 unspecified atom stereocenters. The average molecular weight is 478 g/mol. The van der Waals surface area contributed by atoms with E-state index in [1.165, 1.54) is 36.0 Å². The van der Waals surface area contributed by atoms with Gasteiger partial charge in [0.05, 0.1) is 9.85 Å². The van der Waals surface area contributed by atoms with Crippen molar-refractivity contribution >= 4 is 45.7 Å². The summed E-state index contributed by atoms with van der Waals surface area (Å²) in [4.78, 5) is 23.2. The van der Waals surface area contributed by atoms with Gasteiger partial charge in [-0.3, -0.25) is 20.2 Å². The minimum absolute atomic E-state index is 0.0532. The molecule has 3 rings (SSSR count). The van der Waals surface area contributed by atoms with E-state index in [4.69, 9.17) is 0 Å². The molecular weight excluding hydrogens is 467 g/mol. The van der Waals surface area contributed by atoms with Gasteiger partial charge < -0.3 is 0 Å². The zero-order valence-electron chi connectivity index (χ0n) is 13.2. The third-order valence-corrected chi connectivity index (χ3v) is 5.62. The first-order chi connectivity index (χ1) is 12.5. The van der Waals surface area contributed by atoms with Crippen molar-refractivity contribution in [3.8, 4) is 11.1 Å². The Morgan fingerprint density at radius 1 is 0.769 bits per heavy atom. The fourth-order valence-corrected chi connectivity index (χ4v) is 3.97. The van der Waals surface area contributed by atoms with Crippen LogP contribution < -0.4 is 0 Å². The number of nitrogens with zero attached hydrogens (tertiary/aromatic N) is 2. The van der Waals surface area contributed by atoms with E-state index >= 15 is 0 Å². The van der Waals surface area contributed by atoms with E-state index in [1.807, 2.05) is 30.3 Å². The van der Waals surface area contributed by atoms with E-state index in [0.29, 0.717) is 11.1 Å². The van der Waals surface area contributed by atoms with Gasteiger partial charge in [-0.15, -0.1) is 0 Å². The zero-order valence-corrected chi connectivity index (χ0v) is 16.1. The van der Waals surface area contributed by atoms with Crippen LogP contribution in [0.3, 0.4) is 0 Å². The maximum absolute atomic E-state index is 11.2. The van der Waals surface area contributed by atoms with Crippen LogP contribution in [0, 0.1) is 23.8 Å². The normalized spacial score (nSPS) is 10.5. The Labute approximate surface area is 166 Å². The molecule has 0 saturated carbocycles. The second-order valence-corrected chi connectivity index (χ2v) is 7.55. The lowest BCUT2D eigenvalue weighted by atomic mass is 10.0. The number of rotatable bonds is 5. The Morgan fingerprint density at radius 2 is 1.35 bits per heavy atom. The van der Waals surface area contributed by atoms with Gasteiger partial charge in [-0.05, 0) is 46.9 Å². The summed E-state index contributed by atoms with van der Waals surface area (Å²) in [5.74, 6) is 0. The van der Waals surface area contributed by atoms with Crippen LogP contribution in [-0.2, 0) is 0 Å². The summed E-state index contributed by atoms with van der Waals surface area (Å²) in [6.45, 7) is 0. The Hall–Kier alpha value is -2.46. The fraction of sp³-hybridized carbons (Fsp3) is 0. The maximum atomic E-state index is 11.2. The van der Waals surface area contributed by atoms with Crippen molar-refractivity contribution in [2.75, 3.05) is 0 Å². The Kier molecular flexibility index (Phi) is 5.52. The van der Waals surface area contributed by atoms with Gasteiger partial charge in [0.15, 0.2) is 0 Å². The second kappa shape index (κ2) is 7.83. The largest absolute Gasteiger partial charge is 0.270 e. The predicted molar refractivity (Wildman–Crippen MR) is 108 cm³/mol. The highest BCUT2D eigenvalue weighted by Gasteiger charge is 2.18. The van der Waals surface area contributed by atoms with Crippen LogP contribution in [0.1, 0.15) is 0 Å². The number of halogens is 1. The smallest absolute Gasteiger partial charge is 0.258 e. The zero-order chi connectivity index (χ0) is 18.7. The number of hydrogen-bond donors (Lipinski definition) is 0. The summed E-state index contributed by atoms with van der Waals surface area (Å²) in [7, 11) is 0. The molecule has 0 amide bonds. The van der Waals surface area contributed by atoms with E-state index in [0.717, 1.165) is 13.4 Å². The monoisotopic (exact) mass is 478 g/mol. The summed E-state index contributed by atoms with van der Waals surface area (Å²) >= 11 is 3.54. The van der Waals surface area contributed by atoms with Gasteiger partial charge in [-0.2, -0.15) is 0 Å². The van der Waals surface area contributed by atoms with Crippen molar-refractivity contribution in [2.45, 2.75) is 9.79 Å². The van der Waals surface area contributed by atoms with Crippen molar-refractivity contribution in [3.05, 3.63) is 90.5 Å². The van der Waals surface area contributed by atoms with Gasteiger partial charge in [0.2, 0.25) is 0 Å². The Morgan fingerprint density at radius 3 is 1.96 bits per heavy atom. The lowest BCUT2D eigenvalue weighted by Crippen LogP contribution is -1.94. The molecule has 0 aliphatic carbocycles. The molecule has 6 nitrogen and oxygen atoms in total. The van der Waals surface area contributed by atoms with Crippen molar-refractivity contribution in [3.63, 3.8) is 0 Å². The third-order valence-electron chi connectivity index (χ3n) is 3.60. The molecule has 0 aliphatic rings. The number of benzene rings is 3. The van der Waals surface area contributed by atoms with Gasteiger partial charge >= 0.3 is 0 Å². The molecule has 0 heterocycles. The first-order valence-corrected chi connectivity index (χ1v) is 9.31. The standard InChI is InChI=1S/C18H11IN2O4S/c19-17-8-6-12(20(22)23)10-15(17)16-11-13(21(24)25)7-9-18(16)26-14-4-2-1-3-5-14/h1-11H. The lowest BCUT2D eigenvalue weighted by molar-refractivity contribution is -0.385. The highest BCUT2D eigenvalue weighted by molar-refractivity contribution is 14.1. The molecular formula is C18H11IN2O4S. The molecule has 0 atom stereocenters. The summed E-state index contributed by atoms with van der Waals surface area (Å²) in [5, 5.41) is 22.3. The van der Waals surface area contributed by atoms with E-state index < -0.39 is 9.85 Å². The van der Waals surface area contributed by atoms with Crippen LogP contribution in [0.25, 0.3) is 11.1 Å². The first-order valence-electron chi connectivity index (χ1n) is 7.41. The molecule has 0 spiro atoms. The Bertz CT molecular complexity index is 996. The number of nitro benzene ring substituents is 2. The maximum Gasteiger partial charge on any atom is 0.270 e. The summed E-state index contributed by atoms with van der Waals surface area (Å²) in [5.41, 5.74) is 1.09. The van der Waals surface area contributed by atoms with Crippen molar-refractivity contribution in [2.24, 2.45) is 0 Å². The van der Waals surface area contributed by atoms with Gasteiger partial charge in [0, 0.05) is 48.8 Å². The highest BCUT2D eigenvalue weighted by atomic mass is 127. The molecule has 0 aromatic heterocycles. The third kappa shape index (κ3) is 4.02. The molecule has 0 fully saturated rings.